The van der Waals surface area contributed by atoms with Gasteiger partial charge in [0.15, 0.2) is 11.5 Å². The molecular formula is C28H21N7O. The maximum atomic E-state index is 12.6. The maximum Gasteiger partial charge on any atom is 0.224 e. The van der Waals surface area contributed by atoms with Gasteiger partial charge in [-0.05, 0) is 53.8 Å². The zero-order valence-electron chi connectivity index (χ0n) is 19.2. The van der Waals surface area contributed by atoms with Gasteiger partial charge in [0.2, 0.25) is 5.91 Å². The van der Waals surface area contributed by atoms with Gasteiger partial charge in [0.1, 0.15) is 5.69 Å². The molecule has 2 aromatic carbocycles. The van der Waals surface area contributed by atoms with Crippen molar-refractivity contribution in [2.45, 2.75) is 19.3 Å². The fourth-order valence-electron chi connectivity index (χ4n) is 4.87. The zero-order chi connectivity index (χ0) is 24.1. The number of H-pyrrole nitrogens is 2. The summed E-state index contributed by atoms with van der Waals surface area (Å²) in [4.78, 5) is 29.8. The van der Waals surface area contributed by atoms with Gasteiger partial charge in [0.05, 0.1) is 22.9 Å². The quantitative estimate of drug-likeness (QED) is 0.271. The van der Waals surface area contributed by atoms with E-state index in [0.29, 0.717) is 23.6 Å². The number of aromatic amines is 2. The van der Waals surface area contributed by atoms with Gasteiger partial charge in [-0.25, -0.2) is 9.97 Å². The van der Waals surface area contributed by atoms with E-state index in [1.165, 1.54) is 5.56 Å². The summed E-state index contributed by atoms with van der Waals surface area (Å²) < 4.78 is 0. The van der Waals surface area contributed by atoms with Gasteiger partial charge in [-0.2, -0.15) is 5.10 Å². The monoisotopic (exact) mass is 471 g/mol. The van der Waals surface area contributed by atoms with E-state index in [1.807, 2.05) is 24.3 Å². The lowest BCUT2D eigenvalue weighted by Crippen LogP contribution is -2.11. The van der Waals surface area contributed by atoms with Gasteiger partial charge >= 0.3 is 0 Å². The number of fused-ring (bicyclic) bond motifs is 9. The summed E-state index contributed by atoms with van der Waals surface area (Å²) in [5.41, 5.74) is 8.97. The molecule has 0 unspecified atom stereocenters. The smallest absolute Gasteiger partial charge is 0.224 e. The average molecular weight is 472 g/mol. The summed E-state index contributed by atoms with van der Waals surface area (Å²) in [5, 5.41) is 11.6. The number of carbonyl (C=O) groups is 1. The van der Waals surface area contributed by atoms with Crippen LogP contribution in [0.1, 0.15) is 18.4 Å². The van der Waals surface area contributed by atoms with Crippen molar-refractivity contribution in [1.29, 1.82) is 0 Å². The molecule has 0 aliphatic carbocycles. The van der Waals surface area contributed by atoms with E-state index in [0.717, 1.165) is 57.2 Å². The summed E-state index contributed by atoms with van der Waals surface area (Å²) >= 11 is 0. The number of carbonyl (C=O) groups excluding carboxylic acids is 1. The van der Waals surface area contributed by atoms with Crippen LogP contribution in [0, 0.1) is 0 Å². The minimum absolute atomic E-state index is 0.0175. The Hall–Kier alpha value is -4.85. The molecule has 0 atom stereocenters. The highest BCUT2D eigenvalue weighted by atomic mass is 16.1. The lowest BCUT2D eigenvalue weighted by molar-refractivity contribution is -0.116. The zero-order valence-corrected chi connectivity index (χ0v) is 19.2. The van der Waals surface area contributed by atoms with E-state index in [4.69, 9.17) is 4.98 Å². The minimum Gasteiger partial charge on any atom is -0.335 e. The summed E-state index contributed by atoms with van der Waals surface area (Å²) in [5.74, 6) is 0.637. The Morgan fingerprint density at radius 1 is 0.889 bits per heavy atom. The molecule has 6 aromatic rings. The van der Waals surface area contributed by atoms with Crippen molar-refractivity contribution in [2.75, 3.05) is 5.32 Å². The van der Waals surface area contributed by atoms with Crippen LogP contribution in [0.2, 0.25) is 0 Å². The number of hydrogen-bond acceptors (Lipinski definition) is 5. The number of anilines is 1. The van der Waals surface area contributed by atoms with Crippen LogP contribution in [0.25, 0.3) is 55.8 Å². The van der Waals surface area contributed by atoms with Gasteiger partial charge in [-0.1, -0.05) is 30.3 Å². The number of nitrogens with zero attached hydrogens (tertiary/aromatic N) is 4. The first-order valence-corrected chi connectivity index (χ1v) is 11.9. The Bertz CT molecular complexity index is 1780. The number of aryl methyl sites for hydroxylation is 1. The highest BCUT2D eigenvalue weighted by molar-refractivity contribution is 5.98. The number of hydrogen-bond donors (Lipinski definition) is 3. The predicted molar refractivity (Wildman–Crippen MR) is 139 cm³/mol. The molecule has 174 valence electrons. The van der Waals surface area contributed by atoms with E-state index >= 15 is 0 Å². The van der Waals surface area contributed by atoms with Crippen molar-refractivity contribution < 1.29 is 4.79 Å². The Kier molecular flexibility index (Phi) is 4.63. The number of imidazole rings is 1. The van der Waals surface area contributed by atoms with Gasteiger partial charge in [-0.3, -0.25) is 14.9 Å². The Balaban J connectivity index is 1.45. The Labute approximate surface area is 205 Å². The molecule has 5 heterocycles. The van der Waals surface area contributed by atoms with Crippen LogP contribution in [0.5, 0.6) is 0 Å². The molecule has 3 N–H and O–H groups in total. The topological polar surface area (TPSA) is 112 Å². The molecule has 8 bridgehead atoms. The first-order valence-electron chi connectivity index (χ1n) is 11.9. The second-order valence-corrected chi connectivity index (χ2v) is 9.04. The maximum absolute atomic E-state index is 12.6. The fourth-order valence-corrected chi connectivity index (χ4v) is 4.87. The van der Waals surface area contributed by atoms with Crippen LogP contribution in [0.15, 0.2) is 73.2 Å². The number of rotatable bonds is 0. The molecule has 8 nitrogen and oxygen atoms in total. The second kappa shape index (κ2) is 8.13. The number of benzene rings is 2. The molecule has 1 amide bonds. The molecule has 0 saturated heterocycles. The molecule has 0 saturated carbocycles. The van der Waals surface area contributed by atoms with Crippen LogP contribution in [-0.2, 0) is 11.2 Å². The molecule has 8 heteroatoms. The Morgan fingerprint density at radius 3 is 2.83 bits per heavy atom. The van der Waals surface area contributed by atoms with Crippen molar-refractivity contribution in [2.24, 2.45) is 0 Å². The molecular weight excluding hydrogens is 450 g/mol. The molecule has 7 rings (SSSR count). The van der Waals surface area contributed by atoms with Crippen LogP contribution in [-0.4, -0.2) is 36.0 Å². The van der Waals surface area contributed by atoms with Gasteiger partial charge in [-0.15, -0.1) is 0 Å². The SMILES string of the molecule is O=C1CCCc2cccc(c2)-c2ccnc3nc([nH]c23)-c2n[nH]c3ccc(cc23)-c2cncc(c2)N1. The first-order chi connectivity index (χ1) is 17.7. The van der Waals surface area contributed by atoms with E-state index in [-0.39, 0.29) is 5.91 Å². The van der Waals surface area contributed by atoms with Crippen molar-refractivity contribution in [3.05, 3.63) is 78.8 Å². The molecule has 1 aliphatic heterocycles. The molecule has 1 aliphatic rings. The Morgan fingerprint density at radius 2 is 1.86 bits per heavy atom. The van der Waals surface area contributed by atoms with Gasteiger partial charge in [0, 0.05) is 35.3 Å². The number of aromatic nitrogens is 6. The number of nitrogens with one attached hydrogen (secondary N) is 3. The summed E-state index contributed by atoms with van der Waals surface area (Å²) in [6, 6.07) is 18.4. The average Bonchev–Trinajstić information content (AvgIpc) is 3.52. The molecule has 0 fully saturated rings. The van der Waals surface area contributed by atoms with Crippen LogP contribution >= 0.6 is 0 Å². The molecule has 0 radical (unpaired) electrons. The third-order valence-corrected chi connectivity index (χ3v) is 6.64. The molecule has 4 aromatic heterocycles. The van der Waals surface area contributed by atoms with E-state index in [1.54, 1.807) is 18.6 Å². The van der Waals surface area contributed by atoms with Crippen molar-refractivity contribution in [3.63, 3.8) is 0 Å². The fraction of sp³-hybridized carbons (Fsp3) is 0.107. The first kappa shape index (κ1) is 20.5. The van der Waals surface area contributed by atoms with Gasteiger partial charge in [0.25, 0.3) is 0 Å². The van der Waals surface area contributed by atoms with Crippen molar-refractivity contribution in [3.8, 4) is 33.8 Å². The van der Waals surface area contributed by atoms with E-state index in [2.05, 4.69) is 60.8 Å². The van der Waals surface area contributed by atoms with Crippen molar-refractivity contribution in [1.82, 2.24) is 30.1 Å². The van der Waals surface area contributed by atoms with Crippen LogP contribution in [0.4, 0.5) is 5.69 Å². The van der Waals surface area contributed by atoms with E-state index < -0.39 is 0 Å². The second-order valence-electron chi connectivity index (χ2n) is 9.04. The minimum atomic E-state index is -0.0175. The lowest BCUT2D eigenvalue weighted by Gasteiger charge is -2.08. The van der Waals surface area contributed by atoms with Gasteiger partial charge < -0.3 is 10.3 Å². The molecule has 0 spiro atoms. The van der Waals surface area contributed by atoms with Crippen LogP contribution < -0.4 is 5.32 Å². The van der Waals surface area contributed by atoms with Crippen molar-refractivity contribution >= 4 is 33.7 Å². The third kappa shape index (κ3) is 3.51. The molecule has 36 heavy (non-hydrogen) atoms. The van der Waals surface area contributed by atoms with E-state index in [9.17, 15) is 4.79 Å². The third-order valence-electron chi connectivity index (χ3n) is 6.64. The number of pyridine rings is 2. The largest absolute Gasteiger partial charge is 0.335 e. The lowest BCUT2D eigenvalue weighted by atomic mass is 10.0. The highest BCUT2D eigenvalue weighted by Crippen LogP contribution is 2.33. The predicted octanol–water partition coefficient (Wildman–Crippen LogP) is 5.51. The van der Waals surface area contributed by atoms with Crippen LogP contribution in [0.3, 0.4) is 0 Å². The highest BCUT2D eigenvalue weighted by Gasteiger charge is 2.17. The number of amides is 1. The summed E-state index contributed by atoms with van der Waals surface area (Å²) in [7, 11) is 0. The normalized spacial score (nSPS) is 13.5. The standard InChI is InChI=1S/C28H21N7O/c36-24-6-2-4-16-3-1-5-18(11-16)21-9-10-30-27-25(21)32-28(33-27)26-22-13-17(7-8-23(22)34-35-26)19-12-20(31-24)15-29-14-19/h1,3,5,7-15H,2,4,6H2,(H,31,36)(H,34,35)(H,30,32,33). The summed E-state index contributed by atoms with van der Waals surface area (Å²) in [6.45, 7) is 0. The summed E-state index contributed by atoms with van der Waals surface area (Å²) in [6.07, 6.45) is 7.24.